The number of rotatable bonds is 6. The lowest BCUT2D eigenvalue weighted by atomic mass is 10.0. The first-order valence-corrected chi connectivity index (χ1v) is 7.47. The van der Waals surface area contributed by atoms with Crippen LogP contribution >= 0.6 is 11.6 Å². The van der Waals surface area contributed by atoms with Crippen LogP contribution in [0.4, 0.5) is 13.2 Å². The summed E-state index contributed by atoms with van der Waals surface area (Å²) in [5.41, 5.74) is 0.872. The number of nitrogens with one attached hydrogen (secondary N) is 1. The van der Waals surface area contributed by atoms with Crippen LogP contribution in [0.15, 0.2) is 36.5 Å². The Labute approximate surface area is 128 Å². The van der Waals surface area contributed by atoms with Gasteiger partial charge in [-0.3, -0.25) is 0 Å². The Bertz CT molecular complexity index is 491. The summed E-state index contributed by atoms with van der Waals surface area (Å²) in [7, 11) is 0. The van der Waals surface area contributed by atoms with Gasteiger partial charge in [0.1, 0.15) is 5.70 Å². The molecule has 5 heteroatoms. The molecule has 1 aromatic rings. The van der Waals surface area contributed by atoms with Gasteiger partial charge in [-0.25, -0.2) is 0 Å². The molecule has 21 heavy (non-hydrogen) atoms. The monoisotopic (exact) mass is 317 g/mol. The molecule has 1 aromatic carbocycles. The molecule has 0 spiro atoms. The molecule has 1 N–H and O–H groups in total. The van der Waals surface area contributed by atoms with Gasteiger partial charge in [-0.2, -0.15) is 13.2 Å². The minimum absolute atomic E-state index is 0.0139. The lowest BCUT2D eigenvalue weighted by molar-refractivity contribution is -0.0972. The molecule has 1 saturated carbocycles. The Balaban J connectivity index is 1.95. The molecule has 116 valence electrons. The highest BCUT2D eigenvalue weighted by Crippen LogP contribution is 2.40. The molecule has 2 atom stereocenters. The first-order chi connectivity index (χ1) is 9.77. The van der Waals surface area contributed by atoms with Crippen molar-refractivity contribution in [3.8, 4) is 0 Å². The average Bonchev–Trinajstić information content (AvgIpc) is 3.21. The zero-order valence-electron chi connectivity index (χ0n) is 11.9. The van der Waals surface area contributed by atoms with Crippen LogP contribution in [0.2, 0.25) is 0 Å². The van der Waals surface area contributed by atoms with Gasteiger partial charge in [0.2, 0.25) is 0 Å². The van der Waals surface area contributed by atoms with Crippen LogP contribution in [0, 0.1) is 5.92 Å². The van der Waals surface area contributed by atoms with Gasteiger partial charge in [0, 0.05) is 6.04 Å². The van der Waals surface area contributed by atoms with E-state index in [0.29, 0.717) is 0 Å². The zero-order chi connectivity index (χ0) is 15.6. The second kappa shape index (κ2) is 6.30. The van der Waals surface area contributed by atoms with Gasteiger partial charge in [0.05, 0.1) is 5.38 Å². The maximum Gasteiger partial charge on any atom is 0.430 e. The fraction of sp³-hybridized carbons (Fsp3) is 0.500. The van der Waals surface area contributed by atoms with Crippen molar-refractivity contribution in [2.45, 2.75) is 43.8 Å². The summed E-state index contributed by atoms with van der Waals surface area (Å²) in [6.45, 7) is 4.69. The molecule has 0 heterocycles. The molecule has 0 saturated heterocycles. The van der Waals surface area contributed by atoms with E-state index < -0.39 is 17.9 Å². The lowest BCUT2D eigenvalue weighted by Gasteiger charge is -2.20. The van der Waals surface area contributed by atoms with Crippen molar-refractivity contribution in [1.82, 2.24) is 5.32 Å². The summed E-state index contributed by atoms with van der Waals surface area (Å²) < 4.78 is 37.3. The van der Waals surface area contributed by atoms with Gasteiger partial charge in [-0.15, -0.1) is 11.6 Å². The van der Waals surface area contributed by atoms with Crippen LogP contribution in [0.3, 0.4) is 0 Å². The van der Waals surface area contributed by atoms with Crippen LogP contribution in [0.25, 0.3) is 0 Å². The van der Waals surface area contributed by atoms with Crippen molar-refractivity contribution < 1.29 is 13.2 Å². The van der Waals surface area contributed by atoms with E-state index in [-0.39, 0.29) is 5.38 Å². The van der Waals surface area contributed by atoms with E-state index in [1.165, 1.54) is 12.8 Å². The largest absolute Gasteiger partial charge is 0.430 e. The molecule has 1 fully saturated rings. The van der Waals surface area contributed by atoms with E-state index in [9.17, 15) is 13.2 Å². The Morgan fingerprint density at radius 3 is 2.29 bits per heavy atom. The number of alkyl halides is 4. The molecule has 0 amide bonds. The van der Waals surface area contributed by atoms with Crippen molar-refractivity contribution in [1.29, 1.82) is 0 Å². The van der Waals surface area contributed by atoms with Gasteiger partial charge in [-0.1, -0.05) is 43.7 Å². The third-order valence-corrected chi connectivity index (χ3v) is 4.20. The first kappa shape index (κ1) is 16.2. The molecule has 1 nitrogen and oxygen atoms in total. The van der Waals surface area contributed by atoms with E-state index in [2.05, 4.69) is 11.9 Å². The second-order valence-corrected chi connectivity index (χ2v) is 6.18. The van der Waals surface area contributed by atoms with Crippen molar-refractivity contribution in [3.05, 3.63) is 47.7 Å². The van der Waals surface area contributed by atoms with E-state index in [0.717, 1.165) is 23.5 Å². The summed E-state index contributed by atoms with van der Waals surface area (Å²) in [4.78, 5) is 0. The molecule has 2 rings (SSSR count). The third-order valence-electron chi connectivity index (χ3n) is 3.77. The van der Waals surface area contributed by atoms with Crippen LogP contribution in [0.5, 0.6) is 0 Å². The van der Waals surface area contributed by atoms with E-state index in [1.54, 1.807) is 6.92 Å². The summed E-state index contributed by atoms with van der Waals surface area (Å²) in [5, 5.41) is 2.36. The molecular formula is C16H19ClF3N. The molecule has 1 aliphatic rings. The van der Waals surface area contributed by atoms with Crippen molar-refractivity contribution in [3.63, 3.8) is 0 Å². The summed E-state index contributed by atoms with van der Waals surface area (Å²) in [6.07, 6.45) is -0.942. The standard InChI is InChI=1S/C16H19ClF3N/c1-10(21-11(2)16(18,19)20)13-5-7-14(8-6-13)15(17)9-12-3-4-12/h5-8,10,12,15,21H,2-4,9H2,1H3/t10-,15+/m0/s1. The Morgan fingerprint density at radius 1 is 1.29 bits per heavy atom. The Kier molecular flexibility index (Phi) is 4.87. The van der Waals surface area contributed by atoms with E-state index in [1.807, 2.05) is 24.3 Å². The predicted molar refractivity (Wildman–Crippen MR) is 79.1 cm³/mol. The van der Waals surface area contributed by atoms with Crippen LogP contribution in [-0.4, -0.2) is 6.18 Å². The van der Waals surface area contributed by atoms with Crippen molar-refractivity contribution in [2.75, 3.05) is 0 Å². The van der Waals surface area contributed by atoms with Gasteiger partial charge in [0.25, 0.3) is 0 Å². The number of hydrogen-bond acceptors (Lipinski definition) is 1. The number of benzene rings is 1. The lowest BCUT2D eigenvalue weighted by Crippen LogP contribution is -2.27. The predicted octanol–water partition coefficient (Wildman–Crippen LogP) is 5.49. The minimum Gasteiger partial charge on any atom is -0.375 e. The average molecular weight is 318 g/mol. The Hall–Kier alpha value is -1.16. The summed E-state index contributed by atoms with van der Waals surface area (Å²) in [6, 6.07) is 6.97. The molecule has 0 unspecified atom stereocenters. The molecule has 1 aliphatic carbocycles. The van der Waals surface area contributed by atoms with Crippen LogP contribution in [0.1, 0.15) is 48.7 Å². The third kappa shape index (κ3) is 4.67. The highest BCUT2D eigenvalue weighted by atomic mass is 35.5. The van der Waals surface area contributed by atoms with E-state index >= 15 is 0 Å². The summed E-state index contributed by atoms with van der Waals surface area (Å²) >= 11 is 6.34. The fourth-order valence-electron chi connectivity index (χ4n) is 2.20. The van der Waals surface area contributed by atoms with Crippen molar-refractivity contribution >= 4 is 11.6 Å². The van der Waals surface area contributed by atoms with Crippen molar-refractivity contribution in [2.24, 2.45) is 5.92 Å². The summed E-state index contributed by atoms with van der Waals surface area (Å²) in [5.74, 6) is 0.739. The van der Waals surface area contributed by atoms with Gasteiger partial charge >= 0.3 is 6.18 Å². The number of allylic oxidation sites excluding steroid dienone is 1. The van der Waals surface area contributed by atoms with Crippen LogP contribution in [-0.2, 0) is 0 Å². The number of halogens is 4. The highest BCUT2D eigenvalue weighted by molar-refractivity contribution is 6.20. The van der Waals surface area contributed by atoms with Gasteiger partial charge < -0.3 is 5.32 Å². The normalized spacial score (nSPS) is 18.1. The Morgan fingerprint density at radius 2 is 1.81 bits per heavy atom. The molecule has 0 radical (unpaired) electrons. The molecule has 0 aromatic heterocycles. The fourth-order valence-corrected chi connectivity index (χ4v) is 2.60. The maximum absolute atomic E-state index is 12.4. The van der Waals surface area contributed by atoms with Gasteiger partial charge in [0.15, 0.2) is 0 Å². The molecule has 0 aliphatic heterocycles. The second-order valence-electron chi connectivity index (χ2n) is 5.66. The van der Waals surface area contributed by atoms with Crippen LogP contribution < -0.4 is 5.32 Å². The number of hydrogen-bond donors (Lipinski definition) is 1. The highest BCUT2D eigenvalue weighted by Gasteiger charge is 2.33. The SMILES string of the molecule is C=C(N[C@@H](C)c1ccc([C@H](Cl)CC2CC2)cc1)C(F)(F)F. The maximum atomic E-state index is 12.4. The topological polar surface area (TPSA) is 12.0 Å². The molecule has 0 bridgehead atoms. The minimum atomic E-state index is -4.42. The smallest absolute Gasteiger partial charge is 0.375 e. The quantitative estimate of drug-likeness (QED) is 0.684. The van der Waals surface area contributed by atoms with Gasteiger partial charge in [-0.05, 0) is 30.4 Å². The first-order valence-electron chi connectivity index (χ1n) is 7.04. The molecular weight excluding hydrogens is 299 g/mol. The zero-order valence-corrected chi connectivity index (χ0v) is 12.6. The van der Waals surface area contributed by atoms with E-state index in [4.69, 9.17) is 11.6 Å².